The summed E-state index contributed by atoms with van der Waals surface area (Å²) in [6, 6.07) is 19.2. The van der Waals surface area contributed by atoms with E-state index in [0.717, 1.165) is 45.3 Å². The van der Waals surface area contributed by atoms with Crippen molar-refractivity contribution >= 4 is 16.8 Å². The Morgan fingerprint density at radius 3 is 2.66 bits per heavy atom. The molecule has 0 radical (unpaired) electrons. The molecule has 1 N–H and O–H groups in total. The fraction of sp³-hybridized carbons (Fsp3) is 0.407. The SMILES string of the molecule is CCN(C(=O)NC(CCc1cccnc1)c1cccc2ccccc12)C1CCN(C)CC1. The zero-order valence-electron chi connectivity index (χ0n) is 19.2. The fourth-order valence-electron chi connectivity index (χ4n) is 4.82. The lowest BCUT2D eigenvalue weighted by atomic mass is 9.94. The van der Waals surface area contributed by atoms with Gasteiger partial charge in [0.25, 0.3) is 0 Å². The molecule has 1 unspecified atom stereocenters. The Labute approximate surface area is 191 Å². The van der Waals surface area contributed by atoms with E-state index in [4.69, 9.17) is 0 Å². The van der Waals surface area contributed by atoms with Crippen LogP contribution in [0.4, 0.5) is 4.79 Å². The quantitative estimate of drug-likeness (QED) is 0.572. The van der Waals surface area contributed by atoms with Crippen LogP contribution in [-0.2, 0) is 6.42 Å². The predicted octanol–water partition coefficient (Wildman–Crippen LogP) is 5.03. The van der Waals surface area contributed by atoms with Gasteiger partial charge in [0, 0.05) is 25.0 Å². The van der Waals surface area contributed by atoms with E-state index in [1.165, 1.54) is 21.9 Å². The Morgan fingerprint density at radius 2 is 1.91 bits per heavy atom. The highest BCUT2D eigenvalue weighted by Crippen LogP contribution is 2.28. The third-order valence-electron chi connectivity index (χ3n) is 6.67. The number of nitrogens with zero attached hydrogens (tertiary/aromatic N) is 3. The van der Waals surface area contributed by atoms with Gasteiger partial charge in [-0.25, -0.2) is 4.79 Å². The van der Waals surface area contributed by atoms with Gasteiger partial charge in [-0.05, 0) is 80.7 Å². The van der Waals surface area contributed by atoms with Gasteiger partial charge in [0.05, 0.1) is 6.04 Å². The smallest absolute Gasteiger partial charge is 0.318 e. The summed E-state index contributed by atoms with van der Waals surface area (Å²) in [4.78, 5) is 22.1. The van der Waals surface area contributed by atoms with Gasteiger partial charge in [0.1, 0.15) is 0 Å². The minimum atomic E-state index is -0.0610. The molecular formula is C27H34N4O. The standard InChI is InChI=1S/C27H34N4O/c1-3-31(23-15-18-30(2)19-16-23)27(32)29-26(14-13-21-8-7-17-28-20-21)25-12-6-10-22-9-4-5-11-24(22)25/h4-12,17,20,23,26H,3,13-16,18-19H2,1-2H3,(H,29,32). The number of hydrogen-bond donors (Lipinski definition) is 1. The Balaban J connectivity index is 1.57. The van der Waals surface area contributed by atoms with Gasteiger partial charge in [-0.1, -0.05) is 48.5 Å². The van der Waals surface area contributed by atoms with Crippen molar-refractivity contribution < 1.29 is 4.79 Å². The number of hydrogen-bond acceptors (Lipinski definition) is 3. The molecule has 2 aromatic carbocycles. The molecule has 0 bridgehead atoms. The molecule has 32 heavy (non-hydrogen) atoms. The first-order chi connectivity index (χ1) is 15.7. The largest absolute Gasteiger partial charge is 0.331 e. The van der Waals surface area contributed by atoms with Crippen LogP contribution in [0.25, 0.3) is 10.8 Å². The summed E-state index contributed by atoms with van der Waals surface area (Å²) in [5.41, 5.74) is 2.37. The van der Waals surface area contributed by atoms with Gasteiger partial charge < -0.3 is 15.1 Å². The van der Waals surface area contributed by atoms with Crippen molar-refractivity contribution in [2.45, 2.75) is 44.7 Å². The predicted molar refractivity (Wildman–Crippen MR) is 131 cm³/mol. The molecular weight excluding hydrogens is 396 g/mol. The minimum absolute atomic E-state index is 0.0474. The number of rotatable bonds is 7. The summed E-state index contributed by atoms with van der Waals surface area (Å²) in [6.45, 7) is 4.90. The van der Waals surface area contributed by atoms with Crippen molar-refractivity contribution in [2.75, 3.05) is 26.7 Å². The molecule has 1 atom stereocenters. The first-order valence-corrected chi connectivity index (χ1v) is 11.8. The van der Waals surface area contributed by atoms with Crippen LogP contribution >= 0.6 is 0 Å². The van der Waals surface area contributed by atoms with Gasteiger partial charge >= 0.3 is 6.03 Å². The molecule has 168 valence electrons. The first kappa shape index (κ1) is 22.3. The first-order valence-electron chi connectivity index (χ1n) is 11.8. The number of likely N-dealkylation sites (tertiary alicyclic amines) is 1. The second-order valence-corrected chi connectivity index (χ2v) is 8.79. The van der Waals surface area contributed by atoms with E-state index in [0.29, 0.717) is 6.04 Å². The number of fused-ring (bicyclic) bond motifs is 1. The maximum Gasteiger partial charge on any atom is 0.318 e. The zero-order chi connectivity index (χ0) is 22.3. The highest BCUT2D eigenvalue weighted by molar-refractivity contribution is 5.86. The molecule has 1 aliphatic rings. The molecule has 1 fully saturated rings. The van der Waals surface area contributed by atoms with Crippen molar-refractivity contribution in [3.8, 4) is 0 Å². The number of urea groups is 1. The second-order valence-electron chi connectivity index (χ2n) is 8.79. The van der Waals surface area contributed by atoms with Crippen LogP contribution in [0, 0.1) is 0 Å². The summed E-state index contributed by atoms with van der Waals surface area (Å²) in [7, 11) is 2.15. The fourth-order valence-corrected chi connectivity index (χ4v) is 4.82. The topological polar surface area (TPSA) is 48.5 Å². The van der Waals surface area contributed by atoms with E-state index >= 15 is 0 Å². The van der Waals surface area contributed by atoms with Crippen molar-refractivity contribution in [1.82, 2.24) is 20.1 Å². The van der Waals surface area contributed by atoms with E-state index in [9.17, 15) is 4.79 Å². The highest BCUT2D eigenvalue weighted by atomic mass is 16.2. The maximum absolute atomic E-state index is 13.5. The number of aryl methyl sites for hydroxylation is 1. The van der Waals surface area contributed by atoms with Gasteiger partial charge in [0.2, 0.25) is 0 Å². The lowest BCUT2D eigenvalue weighted by molar-refractivity contribution is 0.132. The van der Waals surface area contributed by atoms with Crippen molar-refractivity contribution in [2.24, 2.45) is 0 Å². The van der Waals surface area contributed by atoms with Crippen molar-refractivity contribution in [3.05, 3.63) is 78.1 Å². The van der Waals surface area contributed by atoms with E-state index < -0.39 is 0 Å². The van der Waals surface area contributed by atoms with Gasteiger partial charge in [-0.15, -0.1) is 0 Å². The molecule has 0 aliphatic carbocycles. The average molecular weight is 431 g/mol. The van der Waals surface area contributed by atoms with Crippen molar-refractivity contribution in [3.63, 3.8) is 0 Å². The van der Waals surface area contributed by atoms with E-state index in [1.54, 1.807) is 6.20 Å². The molecule has 0 spiro atoms. The van der Waals surface area contributed by atoms with Crippen LogP contribution in [0.2, 0.25) is 0 Å². The summed E-state index contributed by atoms with van der Waals surface area (Å²) in [6.07, 6.45) is 7.48. The van der Waals surface area contributed by atoms with Crippen LogP contribution in [0.5, 0.6) is 0 Å². The maximum atomic E-state index is 13.5. The van der Waals surface area contributed by atoms with Gasteiger partial charge in [-0.3, -0.25) is 4.98 Å². The van der Waals surface area contributed by atoms with Crippen molar-refractivity contribution in [1.29, 1.82) is 0 Å². The molecule has 3 aromatic rings. The number of amides is 2. The number of aromatic nitrogens is 1. The van der Waals surface area contributed by atoms with Gasteiger partial charge in [-0.2, -0.15) is 0 Å². The summed E-state index contributed by atoms with van der Waals surface area (Å²) in [5.74, 6) is 0. The lowest BCUT2D eigenvalue weighted by Crippen LogP contribution is -2.50. The van der Waals surface area contributed by atoms with Crippen LogP contribution in [-0.4, -0.2) is 53.5 Å². The molecule has 1 aliphatic heterocycles. The number of carbonyl (C=O) groups is 1. The zero-order valence-corrected chi connectivity index (χ0v) is 19.2. The van der Waals surface area contributed by atoms with E-state index in [-0.39, 0.29) is 12.1 Å². The Hall–Kier alpha value is -2.92. The summed E-state index contributed by atoms with van der Waals surface area (Å²) < 4.78 is 0. The molecule has 2 heterocycles. The number of pyridine rings is 1. The molecule has 5 heteroatoms. The van der Waals surface area contributed by atoms with Crippen LogP contribution < -0.4 is 5.32 Å². The lowest BCUT2D eigenvalue weighted by Gasteiger charge is -2.37. The molecule has 2 amide bonds. The van der Waals surface area contributed by atoms with E-state index in [1.807, 2.05) is 17.2 Å². The third kappa shape index (κ3) is 5.28. The number of nitrogens with one attached hydrogen (secondary N) is 1. The normalized spacial score (nSPS) is 16.1. The summed E-state index contributed by atoms with van der Waals surface area (Å²) in [5, 5.41) is 5.81. The van der Waals surface area contributed by atoms with Crippen LogP contribution in [0.1, 0.15) is 43.4 Å². The molecule has 4 rings (SSSR count). The minimum Gasteiger partial charge on any atom is -0.331 e. The van der Waals surface area contributed by atoms with E-state index in [2.05, 4.69) is 77.7 Å². The second kappa shape index (κ2) is 10.6. The monoisotopic (exact) mass is 430 g/mol. The highest BCUT2D eigenvalue weighted by Gasteiger charge is 2.27. The molecule has 1 saturated heterocycles. The molecule has 1 aromatic heterocycles. The Bertz CT molecular complexity index is 1010. The number of benzene rings is 2. The van der Waals surface area contributed by atoms with Crippen LogP contribution in [0.3, 0.4) is 0 Å². The number of carbonyl (C=O) groups excluding carboxylic acids is 1. The van der Waals surface area contributed by atoms with Crippen LogP contribution in [0.15, 0.2) is 67.0 Å². The molecule has 0 saturated carbocycles. The Kier molecular flexibility index (Phi) is 7.38. The third-order valence-corrected chi connectivity index (χ3v) is 6.67. The summed E-state index contributed by atoms with van der Waals surface area (Å²) >= 11 is 0. The molecule has 5 nitrogen and oxygen atoms in total. The Morgan fingerprint density at radius 1 is 1.12 bits per heavy atom. The van der Waals surface area contributed by atoms with Gasteiger partial charge in [0.15, 0.2) is 0 Å². The average Bonchev–Trinajstić information content (AvgIpc) is 2.84. The number of piperidine rings is 1.